The second-order valence-corrected chi connectivity index (χ2v) is 4.60. The van der Waals surface area contributed by atoms with Crippen LogP contribution in [0.2, 0.25) is 0 Å². The zero-order valence-corrected chi connectivity index (χ0v) is 10.5. The van der Waals surface area contributed by atoms with Crippen molar-refractivity contribution in [3.05, 3.63) is 39.6 Å². The van der Waals surface area contributed by atoms with E-state index in [2.05, 4.69) is 29.8 Å². The fourth-order valence-electron chi connectivity index (χ4n) is 1.28. The SMILES string of the molecule is CC(C)/C(=C/c1ccc(F)cc1Br)CN. The van der Waals surface area contributed by atoms with E-state index in [4.69, 9.17) is 5.73 Å². The Kier molecular flexibility index (Phi) is 4.48. The number of nitrogens with two attached hydrogens (primary N) is 1. The Morgan fingerprint density at radius 3 is 2.67 bits per heavy atom. The molecular weight excluding hydrogens is 257 g/mol. The summed E-state index contributed by atoms with van der Waals surface area (Å²) in [4.78, 5) is 0. The number of halogens is 2. The molecule has 0 amide bonds. The van der Waals surface area contributed by atoms with Gasteiger partial charge in [-0.25, -0.2) is 4.39 Å². The van der Waals surface area contributed by atoms with E-state index in [0.717, 1.165) is 15.6 Å². The van der Waals surface area contributed by atoms with Crippen LogP contribution in [0.15, 0.2) is 28.2 Å². The Bertz CT molecular complexity index is 372. The highest BCUT2D eigenvalue weighted by molar-refractivity contribution is 9.10. The van der Waals surface area contributed by atoms with Crippen molar-refractivity contribution in [3.8, 4) is 0 Å². The summed E-state index contributed by atoms with van der Waals surface area (Å²) in [7, 11) is 0. The van der Waals surface area contributed by atoms with Crippen molar-refractivity contribution < 1.29 is 4.39 Å². The summed E-state index contributed by atoms with van der Waals surface area (Å²) >= 11 is 3.33. The van der Waals surface area contributed by atoms with Crippen molar-refractivity contribution in [3.63, 3.8) is 0 Å². The van der Waals surface area contributed by atoms with Gasteiger partial charge in [-0.3, -0.25) is 0 Å². The predicted octanol–water partition coefficient (Wildman–Crippen LogP) is 3.59. The second kappa shape index (κ2) is 5.42. The third kappa shape index (κ3) is 3.43. The van der Waals surface area contributed by atoms with Crippen molar-refractivity contribution in [1.29, 1.82) is 0 Å². The van der Waals surface area contributed by atoms with Crippen LogP contribution >= 0.6 is 15.9 Å². The van der Waals surface area contributed by atoms with E-state index >= 15 is 0 Å². The van der Waals surface area contributed by atoms with Crippen LogP contribution in [-0.4, -0.2) is 6.54 Å². The molecule has 0 aromatic heterocycles. The van der Waals surface area contributed by atoms with Gasteiger partial charge in [0.15, 0.2) is 0 Å². The van der Waals surface area contributed by atoms with Gasteiger partial charge < -0.3 is 5.73 Å². The molecule has 82 valence electrons. The molecule has 0 aliphatic carbocycles. The van der Waals surface area contributed by atoms with Gasteiger partial charge in [0.25, 0.3) is 0 Å². The standard InChI is InChI=1S/C12H15BrFN/c1-8(2)10(7-15)5-9-3-4-11(14)6-12(9)13/h3-6,8H,7,15H2,1-2H3/b10-5+. The molecule has 0 radical (unpaired) electrons. The van der Waals surface area contributed by atoms with Gasteiger partial charge in [-0.2, -0.15) is 0 Å². The first-order valence-electron chi connectivity index (χ1n) is 4.90. The quantitative estimate of drug-likeness (QED) is 0.894. The lowest BCUT2D eigenvalue weighted by Gasteiger charge is -2.09. The molecular formula is C12H15BrFN. The Labute approximate surface area is 98.3 Å². The van der Waals surface area contributed by atoms with E-state index in [1.807, 2.05) is 6.08 Å². The van der Waals surface area contributed by atoms with Crippen molar-refractivity contribution in [2.24, 2.45) is 11.7 Å². The molecule has 0 fully saturated rings. The average molecular weight is 272 g/mol. The third-order valence-electron chi connectivity index (χ3n) is 2.28. The minimum atomic E-state index is -0.238. The molecule has 3 heteroatoms. The van der Waals surface area contributed by atoms with Crippen LogP contribution in [0, 0.1) is 11.7 Å². The van der Waals surface area contributed by atoms with Gasteiger partial charge in [-0.1, -0.05) is 47.5 Å². The number of hydrogen-bond donors (Lipinski definition) is 1. The molecule has 0 aliphatic heterocycles. The topological polar surface area (TPSA) is 26.0 Å². The van der Waals surface area contributed by atoms with Crippen molar-refractivity contribution >= 4 is 22.0 Å². The largest absolute Gasteiger partial charge is 0.327 e. The molecule has 1 rings (SSSR count). The van der Waals surface area contributed by atoms with Crippen molar-refractivity contribution in [2.75, 3.05) is 6.54 Å². The van der Waals surface area contributed by atoms with Crippen LogP contribution in [0.1, 0.15) is 19.4 Å². The molecule has 2 N–H and O–H groups in total. The minimum Gasteiger partial charge on any atom is -0.327 e. The summed E-state index contributed by atoms with van der Waals surface area (Å²) in [6.07, 6.45) is 2.01. The molecule has 0 spiro atoms. The molecule has 0 aliphatic rings. The van der Waals surface area contributed by atoms with Crippen molar-refractivity contribution in [2.45, 2.75) is 13.8 Å². The third-order valence-corrected chi connectivity index (χ3v) is 2.97. The molecule has 1 nitrogen and oxygen atoms in total. The number of hydrogen-bond acceptors (Lipinski definition) is 1. The molecule has 0 heterocycles. The van der Waals surface area contributed by atoms with E-state index in [0.29, 0.717) is 12.5 Å². The van der Waals surface area contributed by atoms with Gasteiger partial charge in [0, 0.05) is 11.0 Å². The Balaban J connectivity index is 3.06. The Morgan fingerprint density at radius 1 is 1.53 bits per heavy atom. The summed E-state index contributed by atoms with van der Waals surface area (Å²) in [5.41, 5.74) is 7.76. The molecule has 0 saturated heterocycles. The summed E-state index contributed by atoms with van der Waals surface area (Å²) in [5, 5.41) is 0. The van der Waals surface area contributed by atoms with Crippen molar-refractivity contribution in [1.82, 2.24) is 0 Å². The summed E-state index contributed by atoms with van der Waals surface area (Å²) < 4.78 is 13.6. The molecule has 0 saturated carbocycles. The highest BCUT2D eigenvalue weighted by Gasteiger charge is 2.04. The first kappa shape index (κ1) is 12.4. The van der Waals surface area contributed by atoms with Gasteiger partial charge in [-0.05, 0) is 23.6 Å². The molecule has 15 heavy (non-hydrogen) atoms. The van der Waals surface area contributed by atoms with Crippen LogP contribution in [0.25, 0.3) is 6.08 Å². The number of benzene rings is 1. The normalized spacial score (nSPS) is 12.3. The van der Waals surface area contributed by atoms with Crippen LogP contribution < -0.4 is 5.73 Å². The molecule has 1 aromatic carbocycles. The fraction of sp³-hybridized carbons (Fsp3) is 0.333. The lowest BCUT2D eigenvalue weighted by molar-refractivity contribution is 0.627. The minimum absolute atomic E-state index is 0.238. The molecule has 0 atom stereocenters. The average Bonchev–Trinajstić information content (AvgIpc) is 2.16. The van der Waals surface area contributed by atoms with E-state index in [1.165, 1.54) is 12.1 Å². The highest BCUT2D eigenvalue weighted by Crippen LogP contribution is 2.22. The summed E-state index contributed by atoms with van der Waals surface area (Å²) in [6, 6.07) is 4.66. The van der Waals surface area contributed by atoms with Gasteiger partial charge in [0.2, 0.25) is 0 Å². The summed E-state index contributed by atoms with van der Waals surface area (Å²) in [5.74, 6) is 0.171. The monoisotopic (exact) mass is 271 g/mol. The van der Waals surface area contributed by atoms with Gasteiger partial charge >= 0.3 is 0 Å². The fourth-order valence-corrected chi connectivity index (χ4v) is 1.74. The van der Waals surface area contributed by atoms with E-state index in [9.17, 15) is 4.39 Å². The first-order valence-corrected chi connectivity index (χ1v) is 5.69. The Morgan fingerprint density at radius 2 is 2.20 bits per heavy atom. The number of rotatable bonds is 3. The maximum absolute atomic E-state index is 12.9. The van der Waals surface area contributed by atoms with E-state index in [1.54, 1.807) is 6.07 Å². The van der Waals surface area contributed by atoms with Crippen LogP contribution in [-0.2, 0) is 0 Å². The molecule has 1 aromatic rings. The van der Waals surface area contributed by atoms with Crippen LogP contribution in [0.5, 0.6) is 0 Å². The van der Waals surface area contributed by atoms with Gasteiger partial charge in [0.05, 0.1) is 0 Å². The lowest BCUT2D eigenvalue weighted by Crippen LogP contribution is -2.08. The first-order chi connectivity index (χ1) is 7.04. The van der Waals surface area contributed by atoms with Crippen LogP contribution in [0.4, 0.5) is 4.39 Å². The maximum Gasteiger partial charge on any atom is 0.124 e. The van der Waals surface area contributed by atoms with Gasteiger partial charge in [0.1, 0.15) is 5.82 Å². The smallest absolute Gasteiger partial charge is 0.124 e. The lowest BCUT2D eigenvalue weighted by atomic mass is 10.0. The van der Waals surface area contributed by atoms with E-state index < -0.39 is 0 Å². The summed E-state index contributed by atoms with van der Waals surface area (Å²) in [6.45, 7) is 4.72. The second-order valence-electron chi connectivity index (χ2n) is 3.74. The maximum atomic E-state index is 12.9. The zero-order chi connectivity index (χ0) is 11.4. The molecule has 0 bridgehead atoms. The predicted molar refractivity (Wildman–Crippen MR) is 66.0 cm³/mol. The van der Waals surface area contributed by atoms with Crippen LogP contribution in [0.3, 0.4) is 0 Å². The highest BCUT2D eigenvalue weighted by atomic mass is 79.9. The van der Waals surface area contributed by atoms with E-state index in [-0.39, 0.29) is 5.82 Å². The molecule has 0 unspecified atom stereocenters. The zero-order valence-electron chi connectivity index (χ0n) is 8.93. The Hall–Kier alpha value is -0.670. The van der Waals surface area contributed by atoms with Gasteiger partial charge in [-0.15, -0.1) is 0 Å².